The minimum atomic E-state index is -0.777. The average Bonchev–Trinajstić information content (AvgIpc) is 2.86. The number of carbonyl (C=O) groups is 2. The van der Waals surface area contributed by atoms with Gasteiger partial charge in [0.15, 0.2) is 0 Å². The summed E-state index contributed by atoms with van der Waals surface area (Å²) in [4.78, 5) is 22.7. The topological polar surface area (TPSA) is 94.8 Å². The zero-order valence-electron chi connectivity index (χ0n) is 16.8. The Morgan fingerprint density at radius 1 is 1.30 bits per heavy atom. The first-order valence-electron chi connectivity index (χ1n) is 9.87. The first-order valence-corrected chi connectivity index (χ1v) is 9.87. The van der Waals surface area contributed by atoms with Crippen LogP contribution in [-0.2, 0) is 9.59 Å². The lowest BCUT2D eigenvalue weighted by molar-refractivity contribution is -0.137. The summed E-state index contributed by atoms with van der Waals surface area (Å²) >= 11 is 0. The van der Waals surface area contributed by atoms with E-state index in [0.29, 0.717) is 19.3 Å². The van der Waals surface area contributed by atoms with Crippen molar-refractivity contribution in [1.82, 2.24) is 0 Å². The highest BCUT2D eigenvalue weighted by Gasteiger charge is 2.39. The van der Waals surface area contributed by atoms with Crippen molar-refractivity contribution in [3.63, 3.8) is 0 Å². The predicted octanol–water partition coefficient (Wildman–Crippen LogP) is 3.33. The van der Waals surface area contributed by atoms with Gasteiger partial charge in [-0.25, -0.2) is 0 Å². The monoisotopic (exact) mass is 378 g/mol. The summed E-state index contributed by atoms with van der Waals surface area (Å²) in [5.41, 5.74) is -0.396. The van der Waals surface area contributed by atoms with Gasteiger partial charge in [-0.15, -0.1) is 11.8 Å². The summed E-state index contributed by atoms with van der Waals surface area (Å²) < 4.78 is 0. The van der Waals surface area contributed by atoms with Crippen molar-refractivity contribution in [2.24, 2.45) is 17.3 Å². The summed E-state index contributed by atoms with van der Waals surface area (Å²) in [6, 6.07) is 0. The van der Waals surface area contributed by atoms with Gasteiger partial charge in [0.25, 0.3) is 0 Å². The van der Waals surface area contributed by atoms with E-state index in [-0.39, 0.29) is 30.5 Å². The van der Waals surface area contributed by atoms with Crippen molar-refractivity contribution >= 4 is 11.8 Å². The molecule has 0 aromatic carbocycles. The third kappa shape index (κ3) is 7.86. The van der Waals surface area contributed by atoms with Gasteiger partial charge >= 0.3 is 5.97 Å². The number of aliphatic hydroxyl groups excluding tert-OH is 2. The molecule has 5 nitrogen and oxygen atoms in total. The number of carboxylic acid groups (broad SMARTS) is 1. The molecule has 0 heterocycles. The lowest BCUT2D eigenvalue weighted by Gasteiger charge is -2.27. The lowest BCUT2D eigenvalue weighted by atomic mass is 9.81. The van der Waals surface area contributed by atoms with Crippen LogP contribution in [0.5, 0.6) is 0 Å². The van der Waals surface area contributed by atoms with Crippen LogP contribution in [0, 0.1) is 29.1 Å². The summed E-state index contributed by atoms with van der Waals surface area (Å²) in [5.74, 6) is 4.64. The van der Waals surface area contributed by atoms with E-state index < -0.39 is 23.6 Å². The molecule has 1 saturated carbocycles. The molecule has 1 aliphatic carbocycles. The van der Waals surface area contributed by atoms with Crippen LogP contribution in [0.15, 0.2) is 12.2 Å². The van der Waals surface area contributed by atoms with Gasteiger partial charge in [0.1, 0.15) is 5.78 Å². The molecule has 0 amide bonds. The number of ketones is 1. The van der Waals surface area contributed by atoms with E-state index in [9.17, 15) is 19.8 Å². The van der Waals surface area contributed by atoms with Crippen LogP contribution >= 0.6 is 0 Å². The van der Waals surface area contributed by atoms with Crippen LogP contribution in [-0.4, -0.2) is 39.3 Å². The number of unbranched alkanes of at least 4 members (excludes halogenated alkanes) is 3. The third-order valence-corrected chi connectivity index (χ3v) is 5.43. The van der Waals surface area contributed by atoms with Gasteiger partial charge in [-0.1, -0.05) is 45.3 Å². The fourth-order valence-corrected chi connectivity index (χ4v) is 3.50. The molecule has 0 aromatic rings. The minimum Gasteiger partial charge on any atom is -0.481 e. The SMILES string of the molecule is CC#CCC(C)(C)[C@H](O)C=C[C@H]1[C@H](O)CC(=O)[C@@H]1CCCCCCC(=O)O. The van der Waals surface area contributed by atoms with Crippen LogP contribution in [0.1, 0.15) is 72.1 Å². The molecule has 0 spiro atoms. The lowest BCUT2D eigenvalue weighted by Crippen LogP contribution is -2.28. The summed E-state index contributed by atoms with van der Waals surface area (Å²) in [5, 5.41) is 29.3. The summed E-state index contributed by atoms with van der Waals surface area (Å²) in [6.07, 6.45) is 6.93. The van der Waals surface area contributed by atoms with Crippen LogP contribution in [0.25, 0.3) is 0 Å². The number of carboxylic acids is 1. The maximum absolute atomic E-state index is 12.2. The van der Waals surface area contributed by atoms with E-state index in [0.717, 1.165) is 19.3 Å². The van der Waals surface area contributed by atoms with Crippen molar-refractivity contribution in [2.45, 2.75) is 84.3 Å². The highest BCUT2D eigenvalue weighted by atomic mass is 16.4. The van der Waals surface area contributed by atoms with Gasteiger partial charge in [0, 0.05) is 36.5 Å². The Morgan fingerprint density at radius 3 is 2.59 bits per heavy atom. The average molecular weight is 379 g/mol. The number of hydrogen-bond acceptors (Lipinski definition) is 4. The van der Waals surface area contributed by atoms with Gasteiger partial charge < -0.3 is 15.3 Å². The Balaban J connectivity index is 2.58. The Bertz CT molecular complexity index is 581. The van der Waals surface area contributed by atoms with Gasteiger partial charge in [0.2, 0.25) is 0 Å². The number of aliphatic carboxylic acids is 1. The molecule has 5 heteroatoms. The highest BCUT2D eigenvalue weighted by Crippen LogP contribution is 2.35. The second-order valence-electron chi connectivity index (χ2n) is 8.19. The van der Waals surface area contributed by atoms with E-state index in [2.05, 4.69) is 11.8 Å². The number of Topliss-reactive ketones (excluding diaryl/α,β-unsaturated/α-hetero) is 1. The van der Waals surface area contributed by atoms with E-state index in [1.807, 2.05) is 13.8 Å². The zero-order valence-corrected chi connectivity index (χ0v) is 16.8. The number of hydrogen-bond donors (Lipinski definition) is 3. The van der Waals surface area contributed by atoms with E-state index in [1.165, 1.54) is 0 Å². The molecule has 3 N–H and O–H groups in total. The maximum Gasteiger partial charge on any atom is 0.303 e. The molecule has 0 radical (unpaired) electrons. The maximum atomic E-state index is 12.2. The van der Waals surface area contributed by atoms with Crippen LogP contribution < -0.4 is 0 Å². The molecule has 0 bridgehead atoms. The number of rotatable bonds is 11. The minimum absolute atomic E-state index is 0.0771. The second-order valence-corrected chi connectivity index (χ2v) is 8.19. The fourth-order valence-electron chi connectivity index (χ4n) is 3.50. The number of aliphatic hydroxyl groups is 2. The summed E-state index contributed by atoms with van der Waals surface area (Å²) in [6.45, 7) is 5.65. The van der Waals surface area contributed by atoms with Gasteiger partial charge in [-0.2, -0.15) is 0 Å². The molecular weight excluding hydrogens is 344 g/mol. The quantitative estimate of drug-likeness (QED) is 0.291. The smallest absolute Gasteiger partial charge is 0.303 e. The van der Waals surface area contributed by atoms with E-state index in [1.54, 1.807) is 19.1 Å². The first kappa shape index (κ1) is 23.4. The van der Waals surface area contributed by atoms with Crippen LogP contribution in [0.3, 0.4) is 0 Å². The molecular formula is C22H34O5. The molecule has 4 atom stereocenters. The van der Waals surface area contributed by atoms with Crippen molar-refractivity contribution in [3.8, 4) is 11.8 Å². The summed E-state index contributed by atoms with van der Waals surface area (Å²) in [7, 11) is 0. The van der Waals surface area contributed by atoms with E-state index >= 15 is 0 Å². The van der Waals surface area contributed by atoms with Gasteiger partial charge in [0.05, 0.1) is 12.2 Å². The fraction of sp³-hybridized carbons (Fsp3) is 0.727. The Labute approximate surface area is 162 Å². The van der Waals surface area contributed by atoms with Crippen molar-refractivity contribution < 1.29 is 24.9 Å². The molecule has 1 aliphatic rings. The third-order valence-electron chi connectivity index (χ3n) is 5.43. The van der Waals surface area contributed by atoms with Crippen molar-refractivity contribution in [3.05, 3.63) is 12.2 Å². The Hall–Kier alpha value is -1.64. The molecule has 1 rings (SSSR count). The standard InChI is InChI=1S/C22H34O5/c1-4-5-14-22(2,3)20(25)13-12-17-16(18(23)15-19(17)24)10-8-6-7-9-11-21(26)27/h12-13,16-17,19-20,24-25H,6-11,14-15H2,1-3H3,(H,26,27)/t16-,17-,19-,20-/m1/s1. The predicted molar refractivity (Wildman–Crippen MR) is 105 cm³/mol. The molecule has 1 fully saturated rings. The highest BCUT2D eigenvalue weighted by molar-refractivity contribution is 5.84. The Kier molecular flexibility index (Phi) is 9.76. The van der Waals surface area contributed by atoms with E-state index in [4.69, 9.17) is 5.11 Å². The molecule has 0 aliphatic heterocycles. The first-order chi connectivity index (χ1) is 12.7. The van der Waals surface area contributed by atoms with Gasteiger partial charge in [-0.05, 0) is 19.8 Å². The van der Waals surface area contributed by atoms with Crippen molar-refractivity contribution in [1.29, 1.82) is 0 Å². The largest absolute Gasteiger partial charge is 0.481 e. The molecule has 152 valence electrons. The van der Waals surface area contributed by atoms with Crippen LogP contribution in [0.2, 0.25) is 0 Å². The van der Waals surface area contributed by atoms with Crippen molar-refractivity contribution in [2.75, 3.05) is 0 Å². The van der Waals surface area contributed by atoms with Gasteiger partial charge in [-0.3, -0.25) is 9.59 Å². The molecule has 0 saturated heterocycles. The molecule has 0 unspecified atom stereocenters. The Morgan fingerprint density at radius 2 is 1.96 bits per heavy atom. The normalized spacial score (nSPS) is 24.0. The second kappa shape index (κ2) is 11.3. The van der Waals surface area contributed by atoms with Crippen LogP contribution in [0.4, 0.5) is 0 Å². The number of carbonyl (C=O) groups excluding carboxylic acids is 1. The molecule has 0 aromatic heterocycles. The molecule has 27 heavy (non-hydrogen) atoms. The zero-order chi connectivity index (χ0) is 20.4.